The summed E-state index contributed by atoms with van der Waals surface area (Å²) in [6.07, 6.45) is 3.90. The van der Waals surface area contributed by atoms with E-state index < -0.39 is 0 Å². The Balaban J connectivity index is 1.57. The van der Waals surface area contributed by atoms with E-state index in [1.807, 2.05) is 11.1 Å². The van der Waals surface area contributed by atoms with Gasteiger partial charge in [-0.05, 0) is 25.5 Å². The largest absolute Gasteiger partial charge is 0.397 e. The third-order valence-electron chi connectivity index (χ3n) is 4.93. The van der Waals surface area contributed by atoms with Crippen LogP contribution in [0.1, 0.15) is 13.8 Å². The van der Waals surface area contributed by atoms with Crippen molar-refractivity contribution in [2.24, 2.45) is 5.73 Å². The molecule has 6 heteroatoms. The molecule has 3 rings (SSSR count). The number of rotatable bonds is 4. The number of allylic oxidation sites excluding steroid dienone is 4. The summed E-state index contributed by atoms with van der Waals surface area (Å²) in [6, 6.07) is 0. The minimum Gasteiger partial charge on any atom is -0.397 e. The topological polar surface area (TPSA) is 59.8 Å². The third-order valence-corrected chi connectivity index (χ3v) is 4.93. The molecule has 6 nitrogen and oxygen atoms in total. The van der Waals surface area contributed by atoms with Crippen LogP contribution in [0.3, 0.4) is 0 Å². The van der Waals surface area contributed by atoms with Crippen LogP contribution in [0.25, 0.3) is 0 Å². The summed E-state index contributed by atoms with van der Waals surface area (Å²) >= 11 is 0. The maximum Gasteiger partial charge on any atom is 0.167 e. The van der Waals surface area contributed by atoms with Crippen molar-refractivity contribution in [1.29, 1.82) is 0 Å². The number of morpholine rings is 1. The first-order chi connectivity index (χ1) is 10.5. The van der Waals surface area contributed by atoms with Gasteiger partial charge in [-0.2, -0.15) is 5.43 Å². The zero-order valence-corrected chi connectivity index (χ0v) is 13.8. The van der Waals surface area contributed by atoms with Crippen LogP contribution in [-0.4, -0.2) is 62.2 Å². The van der Waals surface area contributed by atoms with Gasteiger partial charge in [-0.1, -0.05) is 6.08 Å². The summed E-state index contributed by atoms with van der Waals surface area (Å²) in [7, 11) is 2.26. The van der Waals surface area contributed by atoms with Crippen molar-refractivity contribution < 1.29 is 14.0 Å². The van der Waals surface area contributed by atoms with Gasteiger partial charge in [0.25, 0.3) is 0 Å². The first kappa shape index (κ1) is 15.6. The smallest absolute Gasteiger partial charge is 0.167 e. The fraction of sp³-hybridized carbons (Fsp3) is 0.625. The van der Waals surface area contributed by atoms with E-state index in [9.17, 15) is 0 Å². The van der Waals surface area contributed by atoms with Crippen molar-refractivity contribution >= 4 is 0 Å². The summed E-state index contributed by atoms with van der Waals surface area (Å²) in [5.41, 5.74) is 13.7. The lowest BCUT2D eigenvalue weighted by Crippen LogP contribution is -2.54. The van der Waals surface area contributed by atoms with Crippen molar-refractivity contribution in [3.63, 3.8) is 0 Å². The van der Waals surface area contributed by atoms with Crippen LogP contribution < -0.4 is 11.2 Å². The fourth-order valence-corrected chi connectivity index (χ4v) is 2.99. The van der Waals surface area contributed by atoms with E-state index >= 15 is 0 Å². The maximum atomic E-state index is 6.24. The van der Waals surface area contributed by atoms with Crippen LogP contribution in [0.15, 0.2) is 34.8 Å². The molecule has 0 aliphatic carbocycles. The second-order valence-corrected chi connectivity index (χ2v) is 6.56. The SMILES string of the molecule is CC1=C(C)N2NC(OCC[N+]3(C)CCOCC3)C(N)=C2C=C1. The molecule has 1 fully saturated rings. The van der Waals surface area contributed by atoms with E-state index in [1.165, 1.54) is 11.3 Å². The van der Waals surface area contributed by atoms with Gasteiger partial charge in [0.1, 0.15) is 19.6 Å². The van der Waals surface area contributed by atoms with Gasteiger partial charge < -0.3 is 19.7 Å². The minimum absolute atomic E-state index is 0.242. The molecule has 3 heterocycles. The Bertz CT molecular complexity index is 532. The molecule has 3 aliphatic heterocycles. The van der Waals surface area contributed by atoms with E-state index in [2.05, 4.69) is 32.4 Å². The highest BCUT2D eigenvalue weighted by Crippen LogP contribution is 2.28. The molecule has 1 saturated heterocycles. The number of likely N-dealkylation sites (N-methyl/N-ethyl adjacent to an activating group) is 1. The van der Waals surface area contributed by atoms with E-state index in [4.69, 9.17) is 15.2 Å². The molecule has 0 aromatic rings. The van der Waals surface area contributed by atoms with Gasteiger partial charge in [0, 0.05) is 5.70 Å². The molecular weight excluding hydrogens is 280 g/mol. The molecule has 0 saturated carbocycles. The molecule has 0 amide bonds. The first-order valence-corrected chi connectivity index (χ1v) is 7.95. The van der Waals surface area contributed by atoms with Gasteiger partial charge in [0.05, 0.1) is 38.3 Å². The third kappa shape index (κ3) is 2.92. The minimum atomic E-state index is -0.242. The normalized spacial score (nSPS) is 27.6. The Morgan fingerprint density at radius 3 is 2.82 bits per heavy atom. The highest BCUT2D eigenvalue weighted by atomic mass is 16.5. The van der Waals surface area contributed by atoms with Crippen LogP contribution in [0.2, 0.25) is 0 Å². The standard InChI is InChI=1S/C16H27N4O2/c1-12-4-5-14-15(17)16(18-19(14)13(12)2)22-11-8-20(3)6-9-21-10-7-20/h4-5,16,18H,6-11,17H2,1-3H3/q+1. The van der Waals surface area contributed by atoms with Crippen LogP contribution in [0.4, 0.5) is 0 Å². The predicted molar refractivity (Wildman–Crippen MR) is 85.0 cm³/mol. The number of hydrazine groups is 1. The summed E-state index contributed by atoms with van der Waals surface area (Å²) in [5.74, 6) is 0. The summed E-state index contributed by atoms with van der Waals surface area (Å²) < 4.78 is 12.4. The van der Waals surface area contributed by atoms with Gasteiger partial charge in [0.15, 0.2) is 6.23 Å². The second kappa shape index (κ2) is 6.04. The van der Waals surface area contributed by atoms with E-state index in [1.54, 1.807) is 0 Å². The number of quaternary nitrogens is 1. The van der Waals surface area contributed by atoms with Gasteiger partial charge in [-0.25, -0.2) is 0 Å². The quantitative estimate of drug-likeness (QED) is 0.747. The molecule has 22 heavy (non-hydrogen) atoms. The van der Waals surface area contributed by atoms with Gasteiger partial charge in [0.2, 0.25) is 0 Å². The van der Waals surface area contributed by atoms with Crippen LogP contribution >= 0.6 is 0 Å². The number of nitrogens with two attached hydrogens (primary N) is 1. The Morgan fingerprint density at radius 1 is 1.36 bits per heavy atom. The van der Waals surface area contributed by atoms with Crippen molar-refractivity contribution in [2.75, 3.05) is 46.5 Å². The lowest BCUT2D eigenvalue weighted by Gasteiger charge is -2.37. The second-order valence-electron chi connectivity index (χ2n) is 6.56. The monoisotopic (exact) mass is 307 g/mol. The van der Waals surface area contributed by atoms with Crippen molar-refractivity contribution in [2.45, 2.75) is 20.1 Å². The van der Waals surface area contributed by atoms with Crippen LogP contribution in [0.5, 0.6) is 0 Å². The molecule has 0 aromatic carbocycles. The summed E-state index contributed by atoms with van der Waals surface area (Å²) in [5, 5.41) is 2.03. The predicted octanol–water partition coefficient (Wildman–Crippen LogP) is 0.660. The molecule has 3 N–H and O–H groups in total. The average Bonchev–Trinajstić information content (AvgIpc) is 2.81. The number of fused-ring (bicyclic) bond motifs is 1. The van der Waals surface area contributed by atoms with Gasteiger partial charge >= 0.3 is 0 Å². The summed E-state index contributed by atoms with van der Waals surface area (Å²) in [6.45, 7) is 9.62. The number of hydrogen-bond acceptors (Lipinski definition) is 5. The highest BCUT2D eigenvalue weighted by Gasteiger charge is 2.32. The van der Waals surface area contributed by atoms with Crippen molar-refractivity contribution in [1.82, 2.24) is 10.4 Å². The highest BCUT2D eigenvalue weighted by molar-refractivity contribution is 5.41. The molecule has 0 aromatic heterocycles. The molecule has 1 unspecified atom stereocenters. The van der Waals surface area contributed by atoms with Gasteiger partial charge in [-0.3, -0.25) is 5.01 Å². The number of nitrogens with one attached hydrogen (secondary N) is 1. The molecule has 0 bridgehead atoms. The van der Waals surface area contributed by atoms with Gasteiger partial charge in [-0.15, -0.1) is 0 Å². The van der Waals surface area contributed by atoms with Crippen LogP contribution in [0, 0.1) is 0 Å². The average molecular weight is 307 g/mol. The zero-order chi connectivity index (χ0) is 15.7. The first-order valence-electron chi connectivity index (χ1n) is 7.95. The number of hydrogen-bond donors (Lipinski definition) is 2. The van der Waals surface area contributed by atoms with Crippen molar-refractivity contribution in [3.05, 3.63) is 34.8 Å². The fourth-order valence-electron chi connectivity index (χ4n) is 2.99. The number of ether oxygens (including phenoxy) is 2. The van der Waals surface area contributed by atoms with E-state index in [0.29, 0.717) is 6.61 Å². The maximum absolute atomic E-state index is 6.24. The Kier molecular flexibility index (Phi) is 4.27. The Morgan fingerprint density at radius 2 is 2.09 bits per heavy atom. The Hall–Kier alpha value is -1.34. The van der Waals surface area contributed by atoms with Crippen LogP contribution in [-0.2, 0) is 9.47 Å². The van der Waals surface area contributed by atoms with E-state index in [0.717, 1.165) is 48.7 Å². The zero-order valence-electron chi connectivity index (χ0n) is 13.8. The number of nitrogens with zero attached hydrogens (tertiary/aromatic N) is 2. The lowest BCUT2D eigenvalue weighted by atomic mass is 10.1. The molecule has 0 radical (unpaired) electrons. The van der Waals surface area contributed by atoms with E-state index in [-0.39, 0.29) is 6.23 Å². The molecule has 1 atom stereocenters. The molecule has 122 valence electrons. The molecule has 0 spiro atoms. The van der Waals surface area contributed by atoms with Crippen molar-refractivity contribution in [3.8, 4) is 0 Å². The summed E-state index contributed by atoms with van der Waals surface area (Å²) in [4.78, 5) is 0. The Labute approximate surface area is 132 Å². The molecular formula is C16H27N4O2+. The molecule has 3 aliphatic rings. The lowest BCUT2D eigenvalue weighted by molar-refractivity contribution is -0.917.